The molecule has 0 bridgehead atoms. The van der Waals surface area contributed by atoms with Crippen molar-refractivity contribution in [2.75, 3.05) is 6.61 Å². The molecule has 12 heavy (non-hydrogen) atoms. The van der Waals surface area contributed by atoms with E-state index in [-0.39, 0.29) is 12.6 Å². The van der Waals surface area contributed by atoms with E-state index in [9.17, 15) is 0 Å². The van der Waals surface area contributed by atoms with E-state index in [1.54, 1.807) is 0 Å². The van der Waals surface area contributed by atoms with E-state index >= 15 is 0 Å². The summed E-state index contributed by atoms with van der Waals surface area (Å²) < 4.78 is 1.93. The summed E-state index contributed by atoms with van der Waals surface area (Å²) in [5.41, 5.74) is 6.55. The summed E-state index contributed by atoms with van der Waals surface area (Å²) >= 11 is 6.71. The molecular weight excluding hydrogens is 286 g/mol. The molecule has 2 nitrogen and oxygen atoms in total. The van der Waals surface area contributed by atoms with Crippen LogP contribution >= 0.6 is 31.9 Å². The second-order valence-corrected chi connectivity index (χ2v) is 4.17. The molecule has 0 radical (unpaired) electrons. The molecule has 4 heteroatoms. The third kappa shape index (κ3) is 2.29. The lowest BCUT2D eigenvalue weighted by molar-refractivity contribution is 0.268. The lowest BCUT2D eigenvalue weighted by Crippen LogP contribution is -2.14. The molecule has 0 aliphatic carbocycles. The molecule has 66 valence electrons. The van der Waals surface area contributed by atoms with E-state index in [0.717, 1.165) is 14.5 Å². The number of nitrogens with two attached hydrogens (primary N) is 1. The summed E-state index contributed by atoms with van der Waals surface area (Å²) in [7, 11) is 0. The highest BCUT2D eigenvalue weighted by Gasteiger charge is 2.05. The van der Waals surface area contributed by atoms with Crippen LogP contribution in [-0.2, 0) is 0 Å². The normalized spacial score (nSPS) is 13.0. The van der Waals surface area contributed by atoms with Crippen molar-refractivity contribution in [2.24, 2.45) is 5.73 Å². The summed E-state index contributed by atoms with van der Waals surface area (Å²) in [5.74, 6) is 0. The lowest BCUT2D eigenvalue weighted by Gasteiger charge is -2.08. The standard InChI is InChI=1S/C8H9Br2NO/c9-6-2-1-5(3-7(6)10)8(11)4-12/h1-3,8,12H,4,11H2/t8-/m0/s1. The Kier molecular flexibility index (Phi) is 3.71. The highest BCUT2D eigenvalue weighted by Crippen LogP contribution is 2.25. The number of aliphatic hydroxyl groups is 1. The minimum Gasteiger partial charge on any atom is -0.394 e. The summed E-state index contributed by atoms with van der Waals surface area (Å²) in [5, 5.41) is 8.80. The van der Waals surface area contributed by atoms with Gasteiger partial charge in [-0.25, -0.2) is 0 Å². The average molecular weight is 295 g/mol. The molecular formula is C8H9Br2NO. The number of rotatable bonds is 2. The summed E-state index contributed by atoms with van der Waals surface area (Å²) in [6, 6.07) is 5.38. The van der Waals surface area contributed by atoms with Gasteiger partial charge in [0.05, 0.1) is 12.6 Å². The maximum atomic E-state index is 8.80. The van der Waals surface area contributed by atoms with E-state index in [2.05, 4.69) is 31.9 Å². The molecule has 0 saturated heterocycles. The fourth-order valence-electron chi connectivity index (χ4n) is 0.848. The lowest BCUT2D eigenvalue weighted by atomic mass is 10.1. The number of benzene rings is 1. The molecule has 0 fully saturated rings. The number of aliphatic hydroxyl groups excluding tert-OH is 1. The molecule has 1 rings (SSSR count). The van der Waals surface area contributed by atoms with Crippen molar-refractivity contribution in [3.8, 4) is 0 Å². The van der Waals surface area contributed by atoms with Gasteiger partial charge < -0.3 is 10.8 Å². The Morgan fingerprint density at radius 2 is 2.00 bits per heavy atom. The summed E-state index contributed by atoms with van der Waals surface area (Å²) in [4.78, 5) is 0. The molecule has 0 amide bonds. The van der Waals surface area contributed by atoms with Crippen LogP contribution in [0.2, 0.25) is 0 Å². The van der Waals surface area contributed by atoms with Gasteiger partial charge in [0.25, 0.3) is 0 Å². The Bertz CT molecular complexity index is 278. The molecule has 1 aromatic rings. The first kappa shape index (κ1) is 10.2. The van der Waals surface area contributed by atoms with Gasteiger partial charge in [0.1, 0.15) is 0 Å². The minimum atomic E-state index is -0.297. The van der Waals surface area contributed by atoms with Crippen LogP contribution in [0.15, 0.2) is 27.1 Å². The van der Waals surface area contributed by atoms with Crippen LogP contribution in [0.1, 0.15) is 11.6 Å². The quantitative estimate of drug-likeness (QED) is 0.878. The van der Waals surface area contributed by atoms with Crippen molar-refractivity contribution in [2.45, 2.75) is 6.04 Å². The van der Waals surface area contributed by atoms with Crippen LogP contribution in [0.4, 0.5) is 0 Å². The first-order valence-corrected chi connectivity index (χ1v) is 5.05. The second kappa shape index (κ2) is 4.37. The molecule has 1 aromatic carbocycles. The Labute approximate surface area is 88.0 Å². The van der Waals surface area contributed by atoms with Crippen LogP contribution in [0.25, 0.3) is 0 Å². The summed E-state index contributed by atoms with van der Waals surface area (Å²) in [6.45, 7) is -0.0337. The molecule has 1 atom stereocenters. The first-order valence-electron chi connectivity index (χ1n) is 3.46. The zero-order valence-electron chi connectivity index (χ0n) is 6.30. The van der Waals surface area contributed by atoms with Crippen LogP contribution in [0.3, 0.4) is 0 Å². The number of hydrogen-bond donors (Lipinski definition) is 2. The van der Waals surface area contributed by atoms with Crippen LogP contribution in [0, 0.1) is 0 Å². The van der Waals surface area contributed by atoms with Crippen LogP contribution in [0.5, 0.6) is 0 Å². The van der Waals surface area contributed by atoms with Crippen molar-refractivity contribution < 1.29 is 5.11 Å². The fourth-order valence-corrected chi connectivity index (χ4v) is 1.49. The van der Waals surface area contributed by atoms with Crippen molar-refractivity contribution in [1.82, 2.24) is 0 Å². The third-order valence-corrected chi connectivity index (χ3v) is 3.45. The monoisotopic (exact) mass is 293 g/mol. The molecule has 0 spiro atoms. The highest BCUT2D eigenvalue weighted by atomic mass is 79.9. The van der Waals surface area contributed by atoms with Crippen molar-refractivity contribution in [3.05, 3.63) is 32.7 Å². The van der Waals surface area contributed by atoms with E-state index in [1.807, 2.05) is 18.2 Å². The van der Waals surface area contributed by atoms with Crippen molar-refractivity contribution >= 4 is 31.9 Å². The molecule has 3 N–H and O–H groups in total. The molecule has 0 aliphatic heterocycles. The van der Waals surface area contributed by atoms with Crippen LogP contribution < -0.4 is 5.73 Å². The molecule has 0 saturated carbocycles. The van der Waals surface area contributed by atoms with E-state index < -0.39 is 0 Å². The SMILES string of the molecule is N[C@@H](CO)c1ccc(Br)c(Br)c1. The molecule has 0 aliphatic rings. The predicted molar refractivity (Wildman–Crippen MR) is 55.9 cm³/mol. The largest absolute Gasteiger partial charge is 0.394 e. The Morgan fingerprint density at radius 1 is 1.33 bits per heavy atom. The number of hydrogen-bond acceptors (Lipinski definition) is 2. The Balaban J connectivity index is 2.96. The average Bonchev–Trinajstić information content (AvgIpc) is 2.08. The zero-order chi connectivity index (χ0) is 9.14. The summed E-state index contributed by atoms with van der Waals surface area (Å²) in [6.07, 6.45) is 0. The zero-order valence-corrected chi connectivity index (χ0v) is 9.47. The molecule has 0 aromatic heterocycles. The maximum Gasteiger partial charge on any atom is 0.0624 e. The van der Waals surface area contributed by atoms with Gasteiger partial charge in [0.2, 0.25) is 0 Å². The van der Waals surface area contributed by atoms with E-state index in [0.29, 0.717) is 0 Å². The highest BCUT2D eigenvalue weighted by molar-refractivity contribution is 9.13. The Morgan fingerprint density at radius 3 is 2.50 bits per heavy atom. The van der Waals surface area contributed by atoms with Crippen molar-refractivity contribution in [3.63, 3.8) is 0 Å². The second-order valence-electron chi connectivity index (χ2n) is 2.46. The van der Waals surface area contributed by atoms with Gasteiger partial charge in [-0.15, -0.1) is 0 Å². The van der Waals surface area contributed by atoms with Gasteiger partial charge in [-0.1, -0.05) is 6.07 Å². The van der Waals surface area contributed by atoms with Gasteiger partial charge >= 0.3 is 0 Å². The molecule has 0 unspecified atom stereocenters. The topological polar surface area (TPSA) is 46.2 Å². The van der Waals surface area contributed by atoms with Crippen molar-refractivity contribution in [1.29, 1.82) is 0 Å². The third-order valence-electron chi connectivity index (χ3n) is 1.57. The first-order chi connectivity index (χ1) is 5.65. The fraction of sp³-hybridized carbons (Fsp3) is 0.250. The smallest absolute Gasteiger partial charge is 0.0624 e. The van der Waals surface area contributed by atoms with E-state index in [4.69, 9.17) is 10.8 Å². The number of halogens is 2. The predicted octanol–water partition coefficient (Wildman–Crippen LogP) is 2.20. The van der Waals surface area contributed by atoms with Crippen LogP contribution in [-0.4, -0.2) is 11.7 Å². The van der Waals surface area contributed by atoms with Gasteiger partial charge in [0, 0.05) is 8.95 Å². The maximum absolute atomic E-state index is 8.80. The van der Waals surface area contributed by atoms with E-state index in [1.165, 1.54) is 0 Å². The van der Waals surface area contributed by atoms with Gasteiger partial charge in [0.15, 0.2) is 0 Å². The minimum absolute atomic E-state index is 0.0337. The van der Waals surface area contributed by atoms with Gasteiger partial charge in [-0.2, -0.15) is 0 Å². The molecule has 0 heterocycles. The van der Waals surface area contributed by atoms with Gasteiger partial charge in [-0.05, 0) is 49.6 Å². The Hall–Kier alpha value is 0.1000. The van der Waals surface area contributed by atoms with Gasteiger partial charge in [-0.3, -0.25) is 0 Å².